The van der Waals surface area contributed by atoms with Crippen molar-refractivity contribution in [3.63, 3.8) is 0 Å². The van der Waals surface area contributed by atoms with Gasteiger partial charge in [0, 0.05) is 35.4 Å². The van der Waals surface area contributed by atoms with Crippen LogP contribution in [0.1, 0.15) is 43.7 Å². The van der Waals surface area contributed by atoms with Crippen molar-refractivity contribution in [2.45, 2.75) is 56.9 Å². The highest BCUT2D eigenvalue weighted by atomic mass is 35.5. The van der Waals surface area contributed by atoms with Crippen molar-refractivity contribution in [1.29, 1.82) is 0 Å². The first kappa shape index (κ1) is 23.7. The Morgan fingerprint density at radius 3 is 2.73 bits per heavy atom. The van der Waals surface area contributed by atoms with Gasteiger partial charge in [-0.3, -0.25) is 9.59 Å². The second-order valence-corrected chi connectivity index (χ2v) is 11.0. The summed E-state index contributed by atoms with van der Waals surface area (Å²) in [5, 5.41) is 3.36. The SMILES string of the molecule is Cc1c(Cl)cccc1NC(=O)CN1C(=O)CCc2cc(S(=O)(=O)N3CCCC[C@@H]3C)ccc21. The second kappa shape index (κ2) is 9.44. The summed E-state index contributed by atoms with van der Waals surface area (Å²) in [7, 11) is -3.61. The van der Waals surface area contributed by atoms with Crippen LogP contribution in [-0.2, 0) is 26.0 Å². The summed E-state index contributed by atoms with van der Waals surface area (Å²) in [6.45, 7) is 4.11. The molecule has 7 nitrogen and oxygen atoms in total. The Bertz CT molecular complexity index is 1200. The van der Waals surface area contributed by atoms with E-state index in [1.807, 2.05) is 13.8 Å². The number of piperidine rings is 1. The smallest absolute Gasteiger partial charge is 0.244 e. The predicted octanol–water partition coefficient (Wildman–Crippen LogP) is 4.13. The first-order valence-corrected chi connectivity index (χ1v) is 13.0. The molecule has 0 radical (unpaired) electrons. The lowest BCUT2D eigenvalue weighted by atomic mass is 10.0. The summed E-state index contributed by atoms with van der Waals surface area (Å²) in [6, 6.07) is 10.1. The number of nitrogens with zero attached hydrogens (tertiary/aromatic N) is 2. The van der Waals surface area contributed by atoms with Gasteiger partial charge in [-0.15, -0.1) is 0 Å². The minimum absolute atomic E-state index is 0.0310. The van der Waals surface area contributed by atoms with Crippen molar-refractivity contribution < 1.29 is 18.0 Å². The molecule has 33 heavy (non-hydrogen) atoms. The number of aryl methyl sites for hydroxylation is 1. The van der Waals surface area contributed by atoms with E-state index >= 15 is 0 Å². The summed E-state index contributed by atoms with van der Waals surface area (Å²) < 4.78 is 28.1. The zero-order chi connectivity index (χ0) is 23.8. The fourth-order valence-electron chi connectivity index (χ4n) is 4.51. The van der Waals surface area contributed by atoms with Gasteiger partial charge >= 0.3 is 0 Å². The average Bonchev–Trinajstić information content (AvgIpc) is 2.78. The Balaban J connectivity index is 1.56. The van der Waals surface area contributed by atoms with Crippen molar-refractivity contribution in [3.8, 4) is 0 Å². The lowest BCUT2D eigenvalue weighted by molar-refractivity contribution is -0.121. The lowest BCUT2D eigenvalue weighted by Crippen LogP contribution is -2.42. The molecule has 1 saturated heterocycles. The number of amides is 2. The fourth-order valence-corrected chi connectivity index (χ4v) is 6.44. The zero-order valence-corrected chi connectivity index (χ0v) is 20.4. The van der Waals surface area contributed by atoms with Gasteiger partial charge in [0.2, 0.25) is 21.8 Å². The summed E-state index contributed by atoms with van der Waals surface area (Å²) in [5.74, 6) is -0.513. The Hall–Kier alpha value is -2.42. The van der Waals surface area contributed by atoms with Crippen LogP contribution in [0.3, 0.4) is 0 Å². The topological polar surface area (TPSA) is 86.8 Å². The molecule has 1 atom stereocenters. The number of carbonyl (C=O) groups is 2. The molecule has 2 heterocycles. The van der Waals surface area contributed by atoms with Crippen LogP contribution in [0.4, 0.5) is 11.4 Å². The molecule has 0 unspecified atom stereocenters. The molecule has 0 spiro atoms. The number of hydrogen-bond acceptors (Lipinski definition) is 4. The van der Waals surface area contributed by atoms with Crippen molar-refractivity contribution in [2.75, 3.05) is 23.3 Å². The van der Waals surface area contributed by atoms with E-state index in [4.69, 9.17) is 11.6 Å². The Labute approximate surface area is 199 Å². The molecular weight excluding hydrogens is 462 g/mol. The number of benzene rings is 2. The number of rotatable bonds is 5. The van der Waals surface area contributed by atoms with E-state index < -0.39 is 10.0 Å². The molecule has 0 aromatic heterocycles. The van der Waals surface area contributed by atoms with E-state index in [1.54, 1.807) is 40.7 Å². The van der Waals surface area contributed by atoms with Crippen LogP contribution in [0.25, 0.3) is 0 Å². The first-order chi connectivity index (χ1) is 15.7. The summed E-state index contributed by atoms with van der Waals surface area (Å²) in [4.78, 5) is 27.0. The molecule has 4 rings (SSSR count). The van der Waals surface area contributed by atoms with Crippen molar-refractivity contribution >= 4 is 44.8 Å². The van der Waals surface area contributed by atoms with Gasteiger partial charge in [-0.2, -0.15) is 4.31 Å². The normalized spacial score (nSPS) is 19.3. The molecule has 0 bridgehead atoms. The second-order valence-electron chi connectivity index (χ2n) is 8.69. The van der Waals surface area contributed by atoms with Crippen LogP contribution in [0.5, 0.6) is 0 Å². The van der Waals surface area contributed by atoms with Gasteiger partial charge in [-0.25, -0.2) is 8.42 Å². The van der Waals surface area contributed by atoms with Crippen LogP contribution >= 0.6 is 11.6 Å². The van der Waals surface area contributed by atoms with Gasteiger partial charge in [0.05, 0.1) is 4.90 Å². The van der Waals surface area contributed by atoms with E-state index in [0.717, 1.165) is 30.4 Å². The standard InChI is InChI=1S/C24H28ClN3O4S/c1-16-6-3-4-13-28(16)33(31,32)19-10-11-22-18(14-19)9-12-24(30)27(22)15-23(29)26-21-8-5-7-20(25)17(21)2/h5,7-8,10-11,14,16H,3-4,6,9,12-13,15H2,1-2H3,(H,26,29)/t16-/m0/s1. The highest BCUT2D eigenvalue weighted by Gasteiger charge is 2.33. The minimum atomic E-state index is -3.61. The fraction of sp³-hybridized carbons (Fsp3) is 0.417. The molecule has 0 saturated carbocycles. The third-order valence-electron chi connectivity index (χ3n) is 6.44. The molecule has 2 aromatic rings. The van der Waals surface area contributed by atoms with Gasteiger partial charge in [0.25, 0.3) is 0 Å². The van der Waals surface area contributed by atoms with Crippen molar-refractivity contribution in [1.82, 2.24) is 4.31 Å². The Morgan fingerprint density at radius 1 is 1.18 bits per heavy atom. The van der Waals surface area contributed by atoms with E-state index in [2.05, 4.69) is 5.32 Å². The van der Waals surface area contributed by atoms with Crippen molar-refractivity contribution in [3.05, 3.63) is 52.5 Å². The van der Waals surface area contributed by atoms with Crippen LogP contribution in [0.15, 0.2) is 41.3 Å². The summed E-state index contributed by atoms with van der Waals surface area (Å²) >= 11 is 6.13. The maximum absolute atomic E-state index is 13.2. The van der Waals surface area contributed by atoms with Gasteiger partial charge in [-0.05, 0) is 74.6 Å². The van der Waals surface area contributed by atoms with Crippen molar-refractivity contribution in [2.24, 2.45) is 0 Å². The Morgan fingerprint density at radius 2 is 1.97 bits per heavy atom. The molecule has 2 aromatic carbocycles. The minimum Gasteiger partial charge on any atom is -0.324 e. The number of sulfonamides is 1. The Kier molecular flexibility index (Phi) is 6.79. The van der Waals surface area contributed by atoms with E-state index in [-0.39, 0.29) is 35.7 Å². The number of carbonyl (C=O) groups excluding carboxylic acids is 2. The molecule has 2 amide bonds. The summed E-state index contributed by atoms with van der Waals surface area (Å²) in [6.07, 6.45) is 3.41. The van der Waals surface area contributed by atoms with Crippen LogP contribution < -0.4 is 10.2 Å². The predicted molar refractivity (Wildman–Crippen MR) is 129 cm³/mol. The number of fused-ring (bicyclic) bond motifs is 1. The summed E-state index contributed by atoms with van der Waals surface area (Å²) in [5.41, 5.74) is 2.68. The molecule has 1 fully saturated rings. The average molecular weight is 490 g/mol. The molecule has 176 valence electrons. The first-order valence-electron chi connectivity index (χ1n) is 11.2. The number of halogens is 1. The number of nitrogens with one attached hydrogen (secondary N) is 1. The van der Waals surface area contributed by atoms with Gasteiger partial charge in [0.1, 0.15) is 6.54 Å². The highest BCUT2D eigenvalue weighted by Crippen LogP contribution is 2.33. The molecular formula is C24H28ClN3O4S. The zero-order valence-electron chi connectivity index (χ0n) is 18.8. The molecule has 2 aliphatic heterocycles. The van der Waals surface area contributed by atoms with Crippen LogP contribution in [0.2, 0.25) is 5.02 Å². The quantitative estimate of drug-likeness (QED) is 0.684. The van der Waals surface area contributed by atoms with E-state index in [1.165, 1.54) is 4.90 Å². The monoisotopic (exact) mass is 489 g/mol. The maximum Gasteiger partial charge on any atom is 0.244 e. The van der Waals surface area contributed by atoms with E-state index in [0.29, 0.717) is 29.4 Å². The third-order valence-corrected chi connectivity index (χ3v) is 8.86. The van der Waals surface area contributed by atoms with Crippen LogP contribution in [0, 0.1) is 6.92 Å². The van der Waals surface area contributed by atoms with Gasteiger partial charge < -0.3 is 10.2 Å². The highest BCUT2D eigenvalue weighted by molar-refractivity contribution is 7.89. The van der Waals surface area contributed by atoms with Crippen LogP contribution in [-0.4, -0.2) is 43.7 Å². The molecule has 1 N–H and O–H groups in total. The molecule has 2 aliphatic rings. The third kappa shape index (κ3) is 4.78. The maximum atomic E-state index is 13.2. The number of anilines is 2. The molecule has 0 aliphatic carbocycles. The largest absolute Gasteiger partial charge is 0.324 e. The molecule has 9 heteroatoms. The van der Waals surface area contributed by atoms with E-state index in [9.17, 15) is 18.0 Å². The van der Waals surface area contributed by atoms with Gasteiger partial charge in [0.15, 0.2) is 0 Å². The van der Waals surface area contributed by atoms with Gasteiger partial charge in [-0.1, -0.05) is 24.1 Å². The lowest BCUT2D eigenvalue weighted by Gasteiger charge is -2.33. The number of hydrogen-bond donors (Lipinski definition) is 1.